The minimum Gasteiger partial charge on any atom is -0.382 e. The summed E-state index contributed by atoms with van der Waals surface area (Å²) in [5.41, 5.74) is 6.12. The van der Waals surface area contributed by atoms with Crippen LogP contribution in [0.3, 0.4) is 0 Å². The van der Waals surface area contributed by atoms with E-state index in [0.717, 1.165) is 0 Å². The van der Waals surface area contributed by atoms with E-state index in [4.69, 9.17) is 5.73 Å². The van der Waals surface area contributed by atoms with Gasteiger partial charge in [0, 0.05) is 12.6 Å². The molecule has 0 saturated carbocycles. The van der Waals surface area contributed by atoms with Crippen molar-refractivity contribution < 1.29 is 4.92 Å². The van der Waals surface area contributed by atoms with Gasteiger partial charge in [0.2, 0.25) is 0 Å². The Morgan fingerprint density at radius 2 is 2.40 bits per heavy atom. The summed E-state index contributed by atoms with van der Waals surface area (Å²) < 4.78 is 1.61. The first kappa shape index (κ1) is 9.38. The standard InChI is InChI=1S/C8H9N5O2/c1-2-12-8-6(7(9)11-12)3-5(4-10-8)13(14)15/h3-4H,2H2,1H3,(H2,9,11). The SMILES string of the molecule is CCn1nc(N)c2cc([N+](=O)[O-])cnc21. The molecule has 15 heavy (non-hydrogen) atoms. The van der Waals surface area contributed by atoms with Gasteiger partial charge in [0.05, 0.1) is 10.3 Å². The lowest BCUT2D eigenvalue weighted by atomic mass is 10.3. The molecule has 0 amide bonds. The third-order valence-corrected chi connectivity index (χ3v) is 2.11. The van der Waals surface area contributed by atoms with E-state index < -0.39 is 4.92 Å². The number of hydrogen-bond donors (Lipinski definition) is 1. The van der Waals surface area contributed by atoms with Crippen molar-refractivity contribution in [3.8, 4) is 0 Å². The number of hydrogen-bond acceptors (Lipinski definition) is 5. The minimum atomic E-state index is -0.505. The molecule has 0 aromatic carbocycles. The van der Waals surface area contributed by atoms with Crippen molar-refractivity contribution in [2.75, 3.05) is 5.73 Å². The quantitative estimate of drug-likeness (QED) is 0.583. The maximum absolute atomic E-state index is 10.5. The fourth-order valence-electron chi connectivity index (χ4n) is 1.39. The summed E-state index contributed by atoms with van der Waals surface area (Å²) in [5, 5.41) is 15.1. The van der Waals surface area contributed by atoms with E-state index in [1.807, 2.05) is 6.92 Å². The summed E-state index contributed by atoms with van der Waals surface area (Å²) in [6, 6.07) is 1.39. The van der Waals surface area contributed by atoms with E-state index >= 15 is 0 Å². The lowest BCUT2D eigenvalue weighted by Gasteiger charge is -1.95. The first-order chi connectivity index (χ1) is 7.13. The number of pyridine rings is 1. The molecule has 0 aliphatic carbocycles. The molecule has 78 valence electrons. The molecule has 2 N–H and O–H groups in total. The maximum Gasteiger partial charge on any atom is 0.288 e. The number of nitro groups is 1. The third-order valence-electron chi connectivity index (χ3n) is 2.11. The van der Waals surface area contributed by atoms with Gasteiger partial charge in [0.15, 0.2) is 11.5 Å². The number of nitrogen functional groups attached to an aromatic ring is 1. The molecule has 0 bridgehead atoms. The largest absolute Gasteiger partial charge is 0.382 e. The Morgan fingerprint density at radius 1 is 1.67 bits per heavy atom. The predicted octanol–water partition coefficient (Wildman–Crippen LogP) is 0.942. The van der Waals surface area contributed by atoms with Crippen molar-refractivity contribution in [3.05, 3.63) is 22.4 Å². The molecule has 0 aliphatic heterocycles. The molecule has 0 unspecified atom stereocenters. The second-order valence-corrected chi connectivity index (χ2v) is 3.02. The van der Waals surface area contributed by atoms with Crippen LogP contribution in [-0.2, 0) is 6.54 Å². The van der Waals surface area contributed by atoms with Gasteiger partial charge in [0.1, 0.15) is 6.20 Å². The van der Waals surface area contributed by atoms with Gasteiger partial charge in [-0.15, -0.1) is 0 Å². The van der Waals surface area contributed by atoms with E-state index in [9.17, 15) is 10.1 Å². The second-order valence-electron chi connectivity index (χ2n) is 3.02. The summed E-state index contributed by atoms with van der Waals surface area (Å²) in [7, 11) is 0. The van der Waals surface area contributed by atoms with Gasteiger partial charge in [-0.05, 0) is 6.92 Å². The van der Waals surface area contributed by atoms with Gasteiger partial charge in [-0.1, -0.05) is 0 Å². The highest BCUT2D eigenvalue weighted by Crippen LogP contribution is 2.22. The molecule has 0 atom stereocenters. The zero-order valence-corrected chi connectivity index (χ0v) is 8.04. The smallest absolute Gasteiger partial charge is 0.288 e. The van der Waals surface area contributed by atoms with Crippen LogP contribution in [0.1, 0.15) is 6.92 Å². The summed E-state index contributed by atoms with van der Waals surface area (Å²) in [4.78, 5) is 14.0. The zero-order valence-electron chi connectivity index (χ0n) is 8.04. The number of aryl methyl sites for hydroxylation is 1. The maximum atomic E-state index is 10.5. The van der Waals surface area contributed by atoms with E-state index in [2.05, 4.69) is 10.1 Å². The Hall–Kier alpha value is -2.18. The fraction of sp³-hybridized carbons (Fsp3) is 0.250. The zero-order chi connectivity index (χ0) is 11.0. The lowest BCUT2D eigenvalue weighted by molar-refractivity contribution is -0.385. The minimum absolute atomic E-state index is 0.0788. The predicted molar refractivity (Wildman–Crippen MR) is 54.3 cm³/mol. The number of nitrogens with two attached hydrogens (primary N) is 1. The number of aromatic nitrogens is 3. The molecule has 0 saturated heterocycles. The molecule has 7 heteroatoms. The summed E-state index contributed by atoms with van der Waals surface area (Å²) >= 11 is 0. The highest BCUT2D eigenvalue weighted by molar-refractivity contribution is 5.87. The van der Waals surface area contributed by atoms with Crippen molar-refractivity contribution in [2.45, 2.75) is 13.5 Å². The molecule has 0 aliphatic rings. The van der Waals surface area contributed by atoms with E-state index in [1.165, 1.54) is 12.3 Å². The number of anilines is 1. The van der Waals surface area contributed by atoms with Gasteiger partial charge < -0.3 is 5.73 Å². The molecule has 2 aromatic heterocycles. The number of rotatable bonds is 2. The fourth-order valence-corrected chi connectivity index (χ4v) is 1.39. The molecule has 2 rings (SSSR count). The van der Waals surface area contributed by atoms with Crippen molar-refractivity contribution in [1.29, 1.82) is 0 Å². The number of nitrogens with zero attached hydrogens (tertiary/aromatic N) is 4. The second kappa shape index (κ2) is 3.19. The Bertz CT molecular complexity index is 533. The van der Waals surface area contributed by atoms with Gasteiger partial charge in [-0.25, -0.2) is 9.67 Å². The van der Waals surface area contributed by atoms with Crippen LogP contribution in [0, 0.1) is 10.1 Å². The van der Waals surface area contributed by atoms with Gasteiger partial charge >= 0.3 is 0 Å². The molecule has 0 radical (unpaired) electrons. The van der Waals surface area contributed by atoms with Crippen LogP contribution in [0.5, 0.6) is 0 Å². The molecular formula is C8H9N5O2. The Morgan fingerprint density at radius 3 is 3.00 bits per heavy atom. The first-order valence-electron chi connectivity index (χ1n) is 4.40. The van der Waals surface area contributed by atoms with Crippen molar-refractivity contribution in [3.63, 3.8) is 0 Å². The normalized spacial score (nSPS) is 10.7. The molecule has 2 heterocycles. The highest BCUT2D eigenvalue weighted by atomic mass is 16.6. The summed E-state index contributed by atoms with van der Waals surface area (Å²) in [5.74, 6) is 0.267. The molecule has 0 fully saturated rings. The van der Waals surface area contributed by atoms with E-state index in [0.29, 0.717) is 17.6 Å². The van der Waals surface area contributed by atoms with Crippen LogP contribution >= 0.6 is 0 Å². The first-order valence-corrected chi connectivity index (χ1v) is 4.40. The van der Waals surface area contributed by atoms with Gasteiger partial charge in [-0.3, -0.25) is 10.1 Å². The lowest BCUT2D eigenvalue weighted by Crippen LogP contribution is -1.98. The van der Waals surface area contributed by atoms with Crippen LogP contribution < -0.4 is 5.73 Å². The Balaban J connectivity index is 2.72. The average Bonchev–Trinajstić information content (AvgIpc) is 2.55. The van der Waals surface area contributed by atoms with Gasteiger partial charge in [0.25, 0.3) is 5.69 Å². The van der Waals surface area contributed by atoms with Crippen LogP contribution in [-0.4, -0.2) is 19.7 Å². The van der Waals surface area contributed by atoms with Gasteiger partial charge in [-0.2, -0.15) is 5.10 Å². The molecule has 7 nitrogen and oxygen atoms in total. The monoisotopic (exact) mass is 207 g/mol. The molecule has 2 aromatic rings. The Kier molecular flexibility index (Phi) is 2.00. The molecular weight excluding hydrogens is 198 g/mol. The topological polar surface area (TPSA) is 99.9 Å². The van der Waals surface area contributed by atoms with Crippen LogP contribution in [0.25, 0.3) is 11.0 Å². The third kappa shape index (κ3) is 1.37. The summed E-state index contributed by atoms with van der Waals surface area (Å²) in [6.45, 7) is 2.52. The van der Waals surface area contributed by atoms with E-state index in [1.54, 1.807) is 4.68 Å². The Labute approximate surface area is 84.7 Å². The van der Waals surface area contributed by atoms with Crippen molar-refractivity contribution >= 4 is 22.5 Å². The molecule has 0 spiro atoms. The van der Waals surface area contributed by atoms with Crippen molar-refractivity contribution in [2.24, 2.45) is 0 Å². The number of fused-ring (bicyclic) bond motifs is 1. The van der Waals surface area contributed by atoms with Crippen LogP contribution in [0.15, 0.2) is 12.3 Å². The van der Waals surface area contributed by atoms with E-state index in [-0.39, 0.29) is 11.5 Å². The average molecular weight is 207 g/mol. The highest BCUT2D eigenvalue weighted by Gasteiger charge is 2.13. The van der Waals surface area contributed by atoms with Crippen molar-refractivity contribution in [1.82, 2.24) is 14.8 Å². The summed E-state index contributed by atoms with van der Waals surface area (Å²) in [6.07, 6.45) is 1.20. The van der Waals surface area contributed by atoms with Crippen LogP contribution in [0.2, 0.25) is 0 Å². The van der Waals surface area contributed by atoms with Crippen LogP contribution in [0.4, 0.5) is 11.5 Å².